The first-order valence-corrected chi connectivity index (χ1v) is 5.64. The van der Waals surface area contributed by atoms with E-state index in [1.165, 1.54) is 12.1 Å². The quantitative estimate of drug-likeness (QED) is 0.763. The van der Waals surface area contributed by atoms with E-state index in [2.05, 4.69) is 9.97 Å². The Morgan fingerprint density at radius 1 is 1.15 bits per heavy atom. The largest absolute Gasteiger partial charge is 0.454 e. The smallest absolute Gasteiger partial charge is 0.345 e. The summed E-state index contributed by atoms with van der Waals surface area (Å²) >= 11 is 0. The van der Waals surface area contributed by atoms with Crippen LogP contribution >= 0.6 is 0 Å². The first kappa shape index (κ1) is 12.0. The van der Waals surface area contributed by atoms with E-state index in [0.717, 1.165) is 0 Å². The topological polar surface area (TPSA) is 123 Å². The van der Waals surface area contributed by atoms with E-state index in [1.54, 1.807) is 12.1 Å². The first-order chi connectivity index (χ1) is 9.61. The monoisotopic (exact) mass is 274 g/mol. The van der Waals surface area contributed by atoms with Crippen LogP contribution in [0.25, 0.3) is 0 Å². The van der Waals surface area contributed by atoms with Crippen molar-refractivity contribution in [3.63, 3.8) is 0 Å². The number of nitrogen functional groups attached to an aromatic ring is 2. The summed E-state index contributed by atoms with van der Waals surface area (Å²) in [6.07, 6.45) is 0. The fraction of sp³-hybridized carbons (Fsp3) is 0.0833. The fourth-order valence-corrected chi connectivity index (χ4v) is 1.69. The van der Waals surface area contributed by atoms with Crippen LogP contribution in [0.2, 0.25) is 0 Å². The summed E-state index contributed by atoms with van der Waals surface area (Å²) in [6, 6.07) is 6.02. The van der Waals surface area contributed by atoms with E-state index in [1.807, 2.05) is 0 Å². The van der Waals surface area contributed by atoms with Gasteiger partial charge in [-0.1, -0.05) is 0 Å². The molecule has 1 aromatic heterocycles. The Balaban J connectivity index is 1.82. The molecule has 0 fully saturated rings. The number of aromatic nitrogens is 2. The van der Waals surface area contributed by atoms with Crippen molar-refractivity contribution >= 4 is 17.7 Å². The van der Waals surface area contributed by atoms with Gasteiger partial charge in [-0.15, -0.1) is 0 Å². The summed E-state index contributed by atoms with van der Waals surface area (Å²) in [6.45, 7) is 0.132. The van der Waals surface area contributed by atoms with Gasteiger partial charge in [0.1, 0.15) is 5.82 Å². The van der Waals surface area contributed by atoms with Gasteiger partial charge >= 0.3 is 5.97 Å². The number of rotatable bonds is 2. The Kier molecular flexibility index (Phi) is 2.75. The summed E-state index contributed by atoms with van der Waals surface area (Å²) in [5, 5.41) is 0. The van der Waals surface area contributed by atoms with Crippen LogP contribution in [0.1, 0.15) is 10.4 Å². The summed E-state index contributed by atoms with van der Waals surface area (Å²) in [4.78, 5) is 19.4. The van der Waals surface area contributed by atoms with Gasteiger partial charge in [0.05, 0.1) is 5.56 Å². The van der Waals surface area contributed by atoms with Crippen molar-refractivity contribution in [1.29, 1.82) is 0 Å². The van der Waals surface area contributed by atoms with Crippen molar-refractivity contribution in [3.05, 3.63) is 29.8 Å². The first-order valence-electron chi connectivity index (χ1n) is 5.64. The van der Waals surface area contributed by atoms with Gasteiger partial charge < -0.3 is 25.7 Å². The number of carbonyl (C=O) groups is 1. The van der Waals surface area contributed by atoms with Crippen LogP contribution in [0.5, 0.6) is 17.4 Å². The molecule has 0 atom stereocenters. The number of carbonyl (C=O) groups excluding carboxylic acids is 1. The van der Waals surface area contributed by atoms with Crippen LogP contribution in [-0.2, 0) is 0 Å². The molecule has 20 heavy (non-hydrogen) atoms. The van der Waals surface area contributed by atoms with Crippen LogP contribution < -0.4 is 25.7 Å². The summed E-state index contributed by atoms with van der Waals surface area (Å²) in [7, 11) is 0. The summed E-state index contributed by atoms with van der Waals surface area (Å²) < 4.78 is 15.4. The average Bonchev–Trinajstić information content (AvgIpc) is 2.84. The molecule has 1 aromatic carbocycles. The molecule has 0 saturated heterocycles. The molecule has 8 heteroatoms. The number of hydrogen-bond acceptors (Lipinski definition) is 8. The molecule has 0 unspecified atom stereocenters. The summed E-state index contributed by atoms with van der Waals surface area (Å²) in [5.41, 5.74) is 11.2. The second-order valence-electron chi connectivity index (χ2n) is 3.95. The van der Waals surface area contributed by atoms with Crippen LogP contribution in [-0.4, -0.2) is 22.7 Å². The van der Waals surface area contributed by atoms with Crippen molar-refractivity contribution < 1.29 is 19.0 Å². The van der Waals surface area contributed by atoms with Gasteiger partial charge in [-0.3, -0.25) is 0 Å². The SMILES string of the molecule is Nc1cc(OC(=O)c2ccc3c(c2)OCO3)nc(N)n1. The number of hydrogen-bond donors (Lipinski definition) is 2. The average molecular weight is 274 g/mol. The number of ether oxygens (including phenoxy) is 3. The number of nitrogens with two attached hydrogens (primary N) is 2. The van der Waals surface area contributed by atoms with Crippen LogP contribution in [0.15, 0.2) is 24.3 Å². The van der Waals surface area contributed by atoms with Crippen molar-refractivity contribution in [1.82, 2.24) is 9.97 Å². The highest BCUT2D eigenvalue weighted by atomic mass is 16.7. The van der Waals surface area contributed by atoms with Crippen molar-refractivity contribution in [2.45, 2.75) is 0 Å². The number of benzene rings is 1. The second-order valence-corrected chi connectivity index (χ2v) is 3.95. The van der Waals surface area contributed by atoms with Gasteiger partial charge in [0.2, 0.25) is 18.6 Å². The molecule has 0 aliphatic carbocycles. The van der Waals surface area contributed by atoms with E-state index < -0.39 is 5.97 Å². The van der Waals surface area contributed by atoms with Crippen molar-refractivity contribution in [3.8, 4) is 17.4 Å². The number of fused-ring (bicyclic) bond motifs is 1. The van der Waals surface area contributed by atoms with E-state index in [-0.39, 0.29) is 24.4 Å². The summed E-state index contributed by atoms with van der Waals surface area (Å²) in [5.74, 6) is 0.487. The highest BCUT2D eigenvalue weighted by Gasteiger charge is 2.18. The lowest BCUT2D eigenvalue weighted by atomic mass is 10.2. The molecule has 0 spiro atoms. The second kappa shape index (κ2) is 4.57. The van der Waals surface area contributed by atoms with Crippen LogP contribution in [0, 0.1) is 0 Å². The zero-order valence-corrected chi connectivity index (χ0v) is 10.2. The molecular formula is C12H10N4O4. The Bertz CT molecular complexity index is 669. The van der Waals surface area contributed by atoms with Gasteiger partial charge in [0.15, 0.2) is 11.5 Å². The van der Waals surface area contributed by atoms with E-state index in [0.29, 0.717) is 17.1 Å². The standard InChI is InChI=1S/C12H10N4O4/c13-9-4-10(16-12(14)15-9)20-11(17)6-1-2-7-8(3-6)19-5-18-7/h1-4H,5H2,(H4,13,14,15,16). The van der Waals surface area contributed by atoms with Crippen molar-refractivity contribution in [2.75, 3.05) is 18.3 Å². The molecular weight excluding hydrogens is 264 g/mol. The molecule has 1 aliphatic heterocycles. The number of anilines is 2. The molecule has 0 saturated carbocycles. The number of esters is 1. The highest BCUT2D eigenvalue weighted by molar-refractivity contribution is 5.91. The third kappa shape index (κ3) is 2.26. The fourth-order valence-electron chi connectivity index (χ4n) is 1.69. The molecule has 102 valence electrons. The molecule has 0 bridgehead atoms. The zero-order valence-electron chi connectivity index (χ0n) is 10.2. The van der Waals surface area contributed by atoms with E-state index in [9.17, 15) is 4.79 Å². The zero-order chi connectivity index (χ0) is 14.1. The molecule has 4 N–H and O–H groups in total. The Morgan fingerprint density at radius 2 is 1.95 bits per heavy atom. The molecule has 8 nitrogen and oxygen atoms in total. The molecule has 3 rings (SSSR count). The van der Waals surface area contributed by atoms with Crippen LogP contribution in [0.4, 0.5) is 11.8 Å². The molecule has 0 radical (unpaired) electrons. The predicted octanol–water partition coefficient (Wildman–Crippen LogP) is 0.589. The minimum Gasteiger partial charge on any atom is -0.454 e. The Hall–Kier alpha value is -3.03. The highest BCUT2D eigenvalue weighted by Crippen LogP contribution is 2.32. The minimum absolute atomic E-state index is 0.0160. The van der Waals surface area contributed by atoms with E-state index >= 15 is 0 Å². The third-order valence-corrected chi connectivity index (χ3v) is 2.55. The maximum atomic E-state index is 12.0. The molecule has 0 amide bonds. The van der Waals surface area contributed by atoms with Gasteiger partial charge in [-0.2, -0.15) is 9.97 Å². The lowest BCUT2D eigenvalue weighted by Crippen LogP contribution is -2.11. The lowest BCUT2D eigenvalue weighted by Gasteiger charge is -2.05. The lowest BCUT2D eigenvalue weighted by molar-refractivity contribution is 0.0727. The van der Waals surface area contributed by atoms with Gasteiger partial charge in [-0.05, 0) is 18.2 Å². The Morgan fingerprint density at radius 3 is 2.75 bits per heavy atom. The van der Waals surface area contributed by atoms with Crippen LogP contribution in [0.3, 0.4) is 0 Å². The van der Waals surface area contributed by atoms with Gasteiger partial charge in [0.25, 0.3) is 0 Å². The number of nitrogens with zero attached hydrogens (tertiary/aromatic N) is 2. The van der Waals surface area contributed by atoms with Crippen molar-refractivity contribution in [2.24, 2.45) is 0 Å². The van der Waals surface area contributed by atoms with Gasteiger partial charge in [0, 0.05) is 6.07 Å². The molecule has 2 heterocycles. The Labute approximate surface area is 113 Å². The predicted molar refractivity (Wildman–Crippen MR) is 68.4 cm³/mol. The van der Waals surface area contributed by atoms with Gasteiger partial charge in [-0.25, -0.2) is 4.79 Å². The third-order valence-electron chi connectivity index (χ3n) is 2.55. The minimum atomic E-state index is -0.610. The van der Waals surface area contributed by atoms with E-state index in [4.69, 9.17) is 25.7 Å². The normalized spacial score (nSPS) is 12.2. The maximum Gasteiger partial charge on any atom is 0.345 e. The molecule has 2 aromatic rings. The molecule has 1 aliphatic rings. The maximum absolute atomic E-state index is 12.0.